The highest BCUT2D eigenvalue weighted by molar-refractivity contribution is 7.92. The van der Waals surface area contributed by atoms with Gasteiger partial charge in [-0.05, 0) is 24.3 Å². The standard InChI is InChI=1S/C17H20N2O6S/c1-11(20)18-12-5-7-14(8-6-12)26(21,22)19-13-9-15(23-2)17(25-4)16(10-13)24-3/h5-10,19H,1-4H3,(H,18,20). The maximum absolute atomic E-state index is 12.6. The van der Waals surface area contributed by atoms with Gasteiger partial charge in [0.05, 0.1) is 31.9 Å². The molecule has 2 aromatic carbocycles. The van der Waals surface area contributed by atoms with Gasteiger partial charge in [-0.15, -0.1) is 0 Å². The largest absolute Gasteiger partial charge is 0.493 e. The van der Waals surface area contributed by atoms with Crippen LogP contribution in [0.4, 0.5) is 11.4 Å². The van der Waals surface area contributed by atoms with Crippen LogP contribution in [-0.4, -0.2) is 35.7 Å². The van der Waals surface area contributed by atoms with Crippen LogP contribution < -0.4 is 24.2 Å². The number of anilines is 2. The highest BCUT2D eigenvalue weighted by atomic mass is 32.2. The van der Waals surface area contributed by atoms with Crippen LogP contribution in [0.3, 0.4) is 0 Å². The molecule has 0 unspecified atom stereocenters. The number of rotatable bonds is 7. The molecule has 140 valence electrons. The third kappa shape index (κ3) is 4.37. The van der Waals surface area contributed by atoms with Gasteiger partial charge < -0.3 is 19.5 Å². The third-order valence-corrected chi connectivity index (χ3v) is 4.80. The van der Waals surface area contributed by atoms with Crippen molar-refractivity contribution in [3.05, 3.63) is 36.4 Å². The summed E-state index contributed by atoms with van der Waals surface area (Å²) in [6.07, 6.45) is 0. The number of hydrogen-bond donors (Lipinski definition) is 2. The number of benzene rings is 2. The van der Waals surface area contributed by atoms with E-state index in [1.807, 2.05) is 0 Å². The Bertz CT molecular complexity index is 869. The Kier molecular flexibility index (Phi) is 5.93. The minimum Gasteiger partial charge on any atom is -0.493 e. The van der Waals surface area contributed by atoms with E-state index in [0.717, 1.165) is 0 Å². The van der Waals surface area contributed by atoms with Crippen molar-refractivity contribution in [2.75, 3.05) is 31.4 Å². The average molecular weight is 380 g/mol. The van der Waals surface area contributed by atoms with Crippen LogP contribution in [0.15, 0.2) is 41.3 Å². The van der Waals surface area contributed by atoms with E-state index in [0.29, 0.717) is 22.9 Å². The summed E-state index contributed by atoms with van der Waals surface area (Å²) < 4.78 is 43.3. The minimum atomic E-state index is -3.84. The van der Waals surface area contributed by atoms with Crippen molar-refractivity contribution >= 4 is 27.3 Å². The molecule has 2 N–H and O–H groups in total. The van der Waals surface area contributed by atoms with Gasteiger partial charge in [-0.1, -0.05) is 0 Å². The van der Waals surface area contributed by atoms with E-state index < -0.39 is 10.0 Å². The van der Waals surface area contributed by atoms with Gasteiger partial charge in [-0.25, -0.2) is 8.42 Å². The smallest absolute Gasteiger partial charge is 0.261 e. The Morgan fingerprint density at radius 1 is 0.885 bits per heavy atom. The molecule has 0 spiro atoms. The van der Waals surface area contributed by atoms with Crippen LogP contribution >= 0.6 is 0 Å². The van der Waals surface area contributed by atoms with Crippen LogP contribution in [-0.2, 0) is 14.8 Å². The van der Waals surface area contributed by atoms with Crippen molar-refractivity contribution in [3.63, 3.8) is 0 Å². The molecule has 1 amide bonds. The van der Waals surface area contributed by atoms with E-state index >= 15 is 0 Å². The topological polar surface area (TPSA) is 103 Å². The van der Waals surface area contributed by atoms with E-state index in [1.165, 1.54) is 64.7 Å². The van der Waals surface area contributed by atoms with Gasteiger partial charge in [-0.2, -0.15) is 0 Å². The monoisotopic (exact) mass is 380 g/mol. The first kappa shape index (κ1) is 19.4. The molecule has 9 heteroatoms. The molecule has 0 atom stereocenters. The first-order chi connectivity index (χ1) is 12.3. The van der Waals surface area contributed by atoms with Crippen molar-refractivity contribution in [2.24, 2.45) is 0 Å². The van der Waals surface area contributed by atoms with Gasteiger partial charge in [0.25, 0.3) is 10.0 Å². The fourth-order valence-corrected chi connectivity index (χ4v) is 3.32. The van der Waals surface area contributed by atoms with Crippen LogP contribution in [0.25, 0.3) is 0 Å². The Hall–Kier alpha value is -2.94. The van der Waals surface area contributed by atoms with Crippen molar-refractivity contribution in [1.82, 2.24) is 0 Å². The lowest BCUT2D eigenvalue weighted by atomic mass is 10.2. The van der Waals surface area contributed by atoms with Crippen molar-refractivity contribution < 1.29 is 27.4 Å². The fraction of sp³-hybridized carbons (Fsp3) is 0.235. The normalized spacial score (nSPS) is 10.8. The summed E-state index contributed by atoms with van der Waals surface area (Å²) in [5, 5.41) is 2.57. The molecule has 0 aliphatic heterocycles. The number of ether oxygens (including phenoxy) is 3. The molecule has 0 aliphatic rings. The van der Waals surface area contributed by atoms with Crippen LogP contribution in [0.5, 0.6) is 17.2 Å². The second-order valence-corrected chi connectivity index (χ2v) is 6.91. The van der Waals surface area contributed by atoms with Crippen molar-refractivity contribution in [2.45, 2.75) is 11.8 Å². The summed E-state index contributed by atoms with van der Waals surface area (Å²) in [6.45, 7) is 1.37. The molecule has 0 radical (unpaired) electrons. The predicted molar refractivity (Wildman–Crippen MR) is 97.7 cm³/mol. The Labute approximate surface area is 152 Å². The SMILES string of the molecule is COc1cc(NS(=O)(=O)c2ccc(NC(C)=O)cc2)cc(OC)c1OC. The van der Waals surface area contributed by atoms with Gasteiger partial charge in [0.15, 0.2) is 11.5 Å². The minimum absolute atomic E-state index is 0.0420. The van der Waals surface area contributed by atoms with Gasteiger partial charge in [0.1, 0.15) is 0 Å². The third-order valence-electron chi connectivity index (χ3n) is 3.40. The Balaban J connectivity index is 2.33. The number of hydrogen-bond acceptors (Lipinski definition) is 6. The fourth-order valence-electron chi connectivity index (χ4n) is 2.27. The first-order valence-electron chi connectivity index (χ1n) is 7.51. The maximum atomic E-state index is 12.6. The lowest BCUT2D eigenvalue weighted by molar-refractivity contribution is -0.114. The summed E-state index contributed by atoms with van der Waals surface area (Å²) in [4.78, 5) is 11.1. The molecule has 26 heavy (non-hydrogen) atoms. The first-order valence-corrected chi connectivity index (χ1v) is 8.99. The molecule has 0 fully saturated rings. The molecule has 0 aliphatic carbocycles. The van der Waals surface area contributed by atoms with E-state index in [-0.39, 0.29) is 16.5 Å². The van der Waals surface area contributed by atoms with Gasteiger partial charge >= 0.3 is 0 Å². The van der Waals surface area contributed by atoms with E-state index in [9.17, 15) is 13.2 Å². The van der Waals surface area contributed by atoms with Crippen molar-refractivity contribution in [3.8, 4) is 17.2 Å². The second kappa shape index (κ2) is 7.96. The Morgan fingerprint density at radius 3 is 1.85 bits per heavy atom. The molecule has 0 saturated carbocycles. The molecule has 0 aromatic heterocycles. The highest BCUT2D eigenvalue weighted by Crippen LogP contribution is 2.40. The van der Waals surface area contributed by atoms with Crippen LogP contribution in [0, 0.1) is 0 Å². The maximum Gasteiger partial charge on any atom is 0.261 e. The molecule has 0 heterocycles. The number of methoxy groups -OCH3 is 3. The molecule has 0 bridgehead atoms. The molecular formula is C17H20N2O6S. The number of carbonyl (C=O) groups is 1. The molecule has 2 aromatic rings. The van der Waals surface area contributed by atoms with Gasteiger partial charge in [0, 0.05) is 24.7 Å². The van der Waals surface area contributed by atoms with Crippen LogP contribution in [0.1, 0.15) is 6.92 Å². The molecule has 0 saturated heterocycles. The van der Waals surface area contributed by atoms with E-state index in [2.05, 4.69) is 10.0 Å². The summed E-state index contributed by atoms with van der Waals surface area (Å²) >= 11 is 0. The zero-order valence-electron chi connectivity index (χ0n) is 14.8. The van der Waals surface area contributed by atoms with Gasteiger partial charge in [0.2, 0.25) is 11.7 Å². The molecule has 2 rings (SSSR count). The lowest BCUT2D eigenvalue weighted by Gasteiger charge is -2.15. The number of nitrogens with one attached hydrogen (secondary N) is 2. The molecule has 8 nitrogen and oxygen atoms in total. The summed E-state index contributed by atoms with van der Waals surface area (Å²) in [6, 6.07) is 8.78. The molecular weight excluding hydrogens is 360 g/mol. The van der Waals surface area contributed by atoms with Crippen molar-refractivity contribution in [1.29, 1.82) is 0 Å². The Morgan fingerprint density at radius 2 is 1.42 bits per heavy atom. The van der Waals surface area contributed by atoms with Crippen LogP contribution in [0.2, 0.25) is 0 Å². The zero-order chi connectivity index (χ0) is 19.3. The van der Waals surface area contributed by atoms with Gasteiger partial charge in [-0.3, -0.25) is 9.52 Å². The summed E-state index contributed by atoms with van der Waals surface area (Å²) in [5.41, 5.74) is 0.759. The lowest BCUT2D eigenvalue weighted by Crippen LogP contribution is -2.13. The highest BCUT2D eigenvalue weighted by Gasteiger charge is 2.18. The quantitative estimate of drug-likeness (QED) is 0.765. The number of sulfonamides is 1. The van der Waals surface area contributed by atoms with E-state index in [1.54, 1.807) is 0 Å². The van der Waals surface area contributed by atoms with E-state index in [4.69, 9.17) is 14.2 Å². The summed E-state index contributed by atoms with van der Waals surface area (Å²) in [7, 11) is 0.498. The average Bonchev–Trinajstić information content (AvgIpc) is 2.60. The predicted octanol–water partition coefficient (Wildman–Crippen LogP) is 2.47. The second-order valence-electron chi connectivity index (χ2n) is 5.23. The zero-order valence-corrected chi connectivity index (χ0v) is 15.6. The number of amides is 1. The number of carbonyl (C=O) groups excluding carboxylic acids is 1. The summed E-state index contributed by atoms with van der Waals surface area (Å²) in [5.74, 6) is 0.768.